The highest BCUT2D eigenvalue weighted by Gasteiger charge is 2.21. The molecule has 0 saturated carbocycles. The van der Waals surface area contributed by atoms with Crippen molar-refractivity contribution in [1.29, 1.82) is 0 Å². The van der Waals surface area contributed by atoms with Crippen LogP contribution in [-0.2, 0) is 0 Å². The van der Waals surface area contributed by atoms with E-state index in [0.717, 1.165) is 18.8 Å². The minimum Gasteiger partial charge on any atom is -0.478 e. The van der Waals surface area contributed by atoms with E-state index in [1.807, 2.05) is 0 Å². The van der Waals surface area contributed by atoms with Crippen molar-refractivity contribution in [2.24, 2.45) is 0 Å². The number of rotatable bonds is 3. The van der Waals surface area contributed by atoms with Crippen LogP contribution < -0.4 is 15.5 Å². The largest absolute Gasteiger partial charge is 0.478 e. The Hall–Kier alpha value is -3.35. The smallest absolute Gasteiger partial charge is 0.336 e. The molecule has 4 rings (SSSR count). The normalized spacial score (nSPS) is 14.6. The zero-order valence-electron chi connectivity index (χ0n) is 14.6. The number of aromatic carboxylic acids is 1. The van der Waals surface area contributed by atoms with Gasteiger partial charge in [0.25, 0.3) is 0 Å². The van der Waals surface area contributed by atoms with Crippen molar-refractivity contribution in [2.75, 3.05) is 41.7 Å². The summed E-state index contributed by atoms with van der Waals surface area (Å²) in [7, 11) is 0. The molecule has 0 aliphatic carbocycles. The van der Waals surface area contributed by atoms with Gasteiger partial charge in [-0.25, -0.2) is 14.2 Å². The van der Waals surface area contributed by atoms with Crippen LogP contribution in [0, 0.1) is 5.82 Å². The third kappa shape index (κ3) is 3.36. The van der Waals surface area contributed by atoms with Crippen LogP contribution in [0.2, 0.25) is 0 Å². The fraction of sp³-hybridized carbons (Fsp3) is 0.200. The van der Waals surface area contributed by atoms with Gasteiger partial charge in [0.2, 0.25) is 0 Å². The highest BCUT2D eigenvalue weighted by Crippen LogP contribution is 2.26. The number of carbonyl (C=O) groups is 1. The van der Waals surface area contributed by atoms with Gasteiger partial charge in [-0.15, -0.1) is 0 Å². The Balaban J connectivity index is 1.59. The SMILES string of the molecule is Nc1ccc2nc(N3CCN(c4ccc(F)cc4)CC3)cc(C(=O)O)c2c1. The van der Waals surface area contributed by atoms with Crippen LogP contribution in [0.3, 0.4) is 0 Å². The van der Waals surface area contributed by atoms with Crippen LogP contribution in [0.25, 0.3) is 10.9 Å². The quantitative estimate of drug-likeness (QED) is 0.694. The fourth-order valence-electron chi connectivity index (χ4n) is 3.41. The number of carboxylic acid groups (broad SMARTS) is 1. The van der Waals surface area contributed by atoms with Crippen molar-refractivity contribution in [1.82, 2.24) is 4.98 Å². The number of aromatic nitrogens is 1. The number of piperazine rings is 1. The maximum Gasteiger partial charge on any atom is 0.336 e. The van der Waals surface area contributed by atoms with Crippen LogP contribution in [0.1, 0.15) is 10.4 Å². The van der Waals surface area contributed by atoms with Crippen molar-refractivity contribution < 1.29 is 14.3 Å². The van der Waals surface area contributed by atoms with E-state index >= 15 is 0 Å². The maximum absolute atomic E-state index is 13.1. The molecule has 0 radical (unpaired) electrons. The summed E-state index contributed by atoms with van der Waals surface area (Å²) in [4.78, 5) is 20.6. The summed E-state index contributed by atoms with van der Waals surface area (Å²) in [6, 6.07) is 13.2. The average Bonchev–Trinajstić information content (AvgIpc) is 2.68. The Morgan fingerprint density at radius 3 is 2.33 bits per heavy atom. The lowest BCUT2D eigenvalue weighted by Crippen LogP contribution is -2.46. The predicted octanol–water partition coefficient (Wildman–Crippen LogP) is 2.98. The first-order chi connectivity index (χ1) is 13.0. The van der Waals surface area contributed by atoms with Crippen LogP contribution in [0.5, 0.6) is 0 Å². The molecule has 0 spiro atoms. The number of pyridine rings is 1. The second-order valence-corrected chi connectivity index (χ2v) is 6.56. The number of hydrogen-bond donors (Lipinski definition) is 2. The van der Waals surface area contributed by atoms with E-state index in [-0.39, 0.29) is 11.4 Å². The molecule has 2 aromatic carbocycles. The molecule has 1 aromatic heterocycles. The lowest BCUT2D eigenvalue weighted by atomic mass is 10.1. The van der Waals surface area contributed by atoms with Gasteiger partial charge in [0, 0.05) is 42.9 Å². The molecule has 3 aromatic rings. The van der Waals surface area contributed by atoms with Gasteiger partial charge in [-0.05, 0) is 48.5 Å². The molecule has 0 atom stereocenters. The van der Waals surface area contributed by atoms with E-state index < -0.39 is 5.97 Å². The Morgan fingerprint density at radius 1 is 1.00 bits per heavy atom. The molecule has 0 bridgehead atoms. The molecular weight excluding hydrogens is 347 g/mol. The highest BCUT2D eigenvalue weighted by molar-refractivity contribution is 6.04. The molecule has 1 aliphatic rings. The summed E-state index contributed by atoms with van der Waals surface area (Å²) in [5.74, 6) is -0.609. The van der Waals surface area contributed by atoms with Gasteiger partial charge < -0.3 is 20.6 Å². The molecule has 1 aliphatic heterocycles. The third-order valence-corrected chi connectivity index (χ3v) is 4.85. The third-order valence-electron chi connectivity index (χ3n) is 4.85. The molecule has 2 heterocycles. The zero-order chi connectivity index (χ0) is 19.0. The highest BCUT2D eigenvalue weighted by atomic mass is 19.1. The Morgan fingerprint density at radius 2 is 1.67 bits per heavy atom. The fourth-order valence-corrected chi connectivity index (χ4v) is 3.41. The second kappa shape index (κ2) is 6.75. The molecule has 0 unspecified atom stereocenters. The number of nitrogen functional groups attached to an aromatic ring is 1. The van der Waals surface area contributed by atoms with Gasteiger partial charge in [0.1, 0.15) is 11.6 Å². The second-order valence-electron chi connectivity index (χ2n) is 6.56. The van der Waals surface area contributed by atoms with Crippen LogP contribution in [0.4, 0.5) is 21.6 Å². The van der Waals surface area contributed by atoms with Crippen LogP contribution >= 0.6 is 0 Å². The number of nitrogens with zero attached hydrogens (tertiary/aromatic N) is 3. The van der Waals surface area contributed by atoms with E-state index in [1.165, 1.54) is 12.1 Å². The first-order valence-electron chi connectivity index (χ1n) is 8.70. The minimum absolute atomic E-state index is 0.197. The van der Waals surface area contributed by atoms with Gasteiger partial charge in [0.05, 0.1) is 11.1 Å². The topological polar surface area (TPSA) is 82.7 Å². The van der Waals surface area contributed by atoms with Crippen molar-refractivity contribution in [3.63, 3.8) is 0 Å². The van der Waals surface area contributed by atoms with E-state index in [2.05, 4.69) is 14.8 Å². The molecule has 0 amide bonds. The lowest BCUT2D eigenvalue weighted by Gasteiger charge is -2.37. The standard InChI is InChI=1S/C20H19FN4O2/c21-13-1-4-15(5-2-13)24-7-9-25(10-8-24)19-12-17(20(26)27)16-11-14(22)3-6-18(16)23-19/h1-6,11-12H,7-10,22H2,(H,26,27). The Kier molecular flexibility index (Phi) is 4.27. The first kappa shape index (κ1) is 17.1. The molecule has 27 heavy (non-hydrogen) atoms. The lowest BCUT2D eigenvalue weighted by molar-refractivity contribution is 0.0699. The summed E-state index contributed by atoms with van der Waals surface area (Å²) in [5, 5.41) is 10.1. The summed E-state index contributed by atoms with van der Waals surface area (Å²) in [5.41, 5.74) is 8.09. The van der Waals surface area contributed by atoms with Gasteiger partial charge in [-0.3, -0.25) is 0 Å². The summed E-state index contributed by atoms with van der Waals surface area (Å²) >= 11 is 0. The van der Waals surface area contributed by atoms with E-state index in [9.17, 15) is 14.3 Å². The Labute approximate surface area is 155 Å². The molecule has 6 nitrogen and oxygen atoms in total. The number of anilines is 3. The van der Waals surface area contributed by atoms with E-state index in [0.29, 0.717) is 35.5 Å². The molecule has 1 saturated heterocycles. The number of carboxylic acids is 1. The van der Waals surface area contributed by atoms with Crippen LogP contribution in [-0.4, -0.2) is 42.2 Å². The maximum atomic E-state index is 13.1. The zero-order valence-corrected chi connectivity index (χ0v) is 14.6. The van der Waals surface area contributed by atoms with Gasteiger partial charge in [-0.1, -0.05) is 0 Å². The van der Waals surface area contributed by atoms with Crippen molar-refractivity contribution in [3.8, 4) is 0 Å². The first-order valence-corrected chi connectivity index (χ1v) is 8.70. The van der Waals surface area contributed by atoms with Crippen molar-refractivity contribution in [3.05, 3.63) is 59.9 Å². The molecule has 1 fully saturated rings. The Bertz CT molecular complexity index is 999. The summed E-state index contributed by atoms with van der Waals surface area (Å²) < 4.78 is 13.1. The van der Waals surface area contributed by atoms with E-state index in [4.69, 9.17) is 5.73 Å². The monoisotopic (exact) mass is 366 g/mol. The number of halogens is 1. The van der Waals surface area contributed by atoms with Crippen molar-refractivity contribution >= 4 is 34.1 Å². The summed E-state index contributed by atoms with van der Waals surface area (Å²) in [6.07, 6.45) is 0. The van der Waals surface area contributed by atoms with E-state index in [1.54, 1.807) is 36.4 Å². The number of benzene rings is 2. The van der Waals surface area contributed by atoms with Crippen LogP contribution in [0.15, 0.2) is 48.5 Å². The average molecular weight is 366 g/mol. The molecule has 3 N–H and O–H groups in total. The number of nitrogens with two attached hydrogens (primary N) is 1. The number of fused-ring (bicyclic) bond motifs is 1. The molecule has 7 heteroatoms. The predicted molar refractivity (Wildman–Crippen MR) is 104 cm³/mol. The minimum atomic E-state index is -1.00. The summed E-state index contributed by atoms with van der Waals surface area (Å²) in [6.45, 7) is 2.89. The van der Waals surface area contributed by atoms with Gasteiger partial charge in [-0.2, -0.15) is 0 Å². The van der Waals surface area contributed by atoms with Gasteiger partial charge >= 0.3 is 5.97 Å². The molecular formula is C20H19FN4O2. The van der Waals surface area contributed by atoms with Gasteiger partial charge in [0.15, 0.2) is 0 Å². The van der Waals surface area contributed by atoms with Crippen molar-refractivity contribution in [2.45, 2.75) is 0 Å². The number of hydrogen-bond acceptors (Lipinski definition) is 5. The molecule has 138 valence electrons.